The Bertz CT molecular complexity index is 1520. The molecule has 0 fully saturated rings. The molecule has 2 heterocycles. The van der Waals surface area contributed by atoms with Crippen molar-refractivity contribution in [3.05, 3.63) is 133 Å². The van der Waals surface area contributed by atoms with E-state index in [2.05, 4.69) is 103 Å². The van der Waals surface area contributed by atoms with Crippen LogP contribution in [0.3, 0.4) is 0 Å². The third-order valence-corrected chi connectivity index (χ3v) is 6.01. The van der Waals surface area contributed by atoms with E-state index in [0.717, 1.165) is 22.4 Å². The second-order valence-electron chi connectivity index (χ2n) is 8.70. The fourth-order valence-corrected chi connectivity index (χ4v) is 4.08. The molecular weight excluding hydrogens is 617 g/mol. The molecule has 2 aromatic heterocycles. The van der Waals surface area contributed by atoms with Crippen molar-refractivity contribution in [3.8, 4) is 22.4 Å². The van der Waals surface area contributed by atoms with Gasteiger partial charge in [-0.3, -0.25) is 0 Å². The second-order valence-corrected chi connectivity index (χ2v) is 8.70. The minimum Gasteiger partial charge on any atom is -0.371 e. The van der Waals surface area contributed by atoms with Crippen LogP contribution in [0.5, 0.6) is 0 Å². The maximum Gasteiger partial charge on any atom is 3.00 e. The summed E-state index contributed by atoms with van der Waals surface area (Å²) in [6, 6.07) is 39.6. The first-order valence-electron chi connectivity index (χ1n) is 11.8. The predicted molar refractivity (Wildman–Crippen MR) is 145 cm³/mol. The van der Waals surface area contributed by atoms with Crippen molar-refractivity contribution < 1.29 is 20.1 Å². The van der Waals surface area contributed by atoms with E-state index in [1.165, 1.54) is 27.1 Å². The molecule has 0 atom stereocenters. The number of benzene rings is 4. The summed E-state index contributed by atoms with van der Waals surface area (Å²) < 4.78 is 0. The minimum atomic E-state index is 0. The van der Waals surface area contributed by atoms with Gasteiger partial charge in [0.05, 0.1) is 0 Å². The summed E-state index contributed by atoms with van der Waals surface area (Å²) in [4.78, 5) is 8.45. The molecular formula is C33H25IrN2. The van der Waals surface area contributed by atoms with Crippen LogP contribution in [-0.2, 0) is 20.1 Å². The smallest absolute Gasteiger partial charge is 0.371 e. The fourth-order valence-electron chi connectivity index (χ4n) is 4.08. The summed E-state index contributed by atoms with van der Waals surface area (Å²) in [5.74, 6) is 0.501. The molecule has 0 spiro atoms. The molecule has 0 unspecified atom stereocenters. The van der Waals surface area contributed by atoms with Gasteiger partial charge in [0.2, 0.25) is 0 Å². The van der Waals surface area contributed by atoms with Crippen LogP contribution in [0.2, 0.25) is 0 Å². The van der Waals surface area contributed by atoms with Gasteiger partial charge in [0.15, 0.2) is 0 Å². The topological polar surface area (TPSA) is 25.8 Å². The largest absolute Gasteiger partial charge is 3.00 e. The number of nitrogens with zero attached hydrogens (tertiary/aromatic N) is 2. The zero-order chi connectivity index (χ0) is 24.0. The van der Waals surface area contributed by atoms with E-state index in [0.29, 0.717) is 5.92 Å². The first kappa shape index (κ1) is 25.4. The van der Waals surface area contributed by atoms with Crippen LogP contribution in [0.15, 0.2) is 109 Å². The van der Waals surface area contributed by atoms with E-state index in [1.54, 1.807) is 6.20 Å². The van der Waals surface area contributed by atoms with Crippen LogP contribution in [0.25, 0.3) is 43.9 Å². The van der Waals surface area contributed by atoms with E-state index in [9.17, 15) is 0 Å². The van der Waals surface area contributed by atoms with Crippen molar-refractivity contribution in [1.82, 2.24) is 9.97 Å². The third kappa shape index (κ3) is 5.76. The molecule has 0 aliphatic carbocycles. The minimum absolute atomic E-state index is 0. The van der Waals surface area contributed by atoms with Crippen LogP contribution in [-0.4, -0.2) is 9.97 Å². The van der Waals surface area contributed by atoms with Gasteiger partial charge in [0.25, 0.3) is 0 Å². The van der Waals surface area contributed by atoms with Gasteiger partial charge in [-0.25, -0.2) is 11.1 Å². The number of pyridine rings is 2. The molecule has 0 bridgehead atoms. The Morgan fingerprint density at radius 2 is 1.47 bits per heavy atom. The predicted octanol–water partition coefficient (Wildman–Crippen LogP) is 8.33. The molecule has 6 rings (SSSR count). The molecule has 3 heteroatoms. The van der Waals surface area contributed by atoms with Crippen molar-refractivity contribution in [2.45, 2.75) is 19.8 Å². The van der Waals surface area contributed by atoms with Gasteiger partial charge in [0, 0.05) is 6.20 Å². The quantitative estimate of drug-likeness (QED) is 0.144. The SMILES string of the molecule is CC(C)c1ccnc(-c2[c-]cc3c(ccc4ccccc43)c2)c1.[Ir+3].[c-]1ccccc1-c1[c-]nccc1. The Labute approximate surface area is 226 Å². The Balaban J connectivity index is 0.000000198. The first-order chi connectivity index (χ1) is 17.2. The summed E-state index contributed by atoms with van der Waals surface area (Å²) in [5, 5.41) is 5.01. The molecule has 176 valence electrons. The first-order valence-corrected chi connectivity index (χ1v) is 11.8. The molecule has 0 aliphatic heterocycles. The molecule has 0 N–H and O–H groups in total. The Morgan fingerprint density at radius 1 is 0.667 bits per heavy atom. The number of hydrogen-bond acceptors (Lipinski definition) is 2. The van der Waals surface area contributed by atoms with Crippen LogP contribution in [0.4, 0.5) is 0 Å². The average molecular weight is 642 g/mol. The second kappa shape index (κ2) is 11.9. The standard InChI is InChI=1S/C22H18N.C11H7N.Ir/c1-15(2)17-11-12-23-22(14-17)19-9-10-21-18(13-19)8-7-16-5-3-4-6-20(16)21;1-2-5-10(6-3-1)11-7-4-8-12-9-11;/h3-8,10-15H,1-2H3;1-5,7-8H;/q-1;-2;+3. The molecule has 4 aromatic carbocycles. The average Bonchev–Trinajstić information content (AvgIpc) is 2.94. The van der Waals surface area contributed by atoms with Crippen LogP contribution >= 0.6 is 0 Å². The molecule has 2 nitrogen and oxygen atoms in total. The molecule has 6 aromatic rings. The van der Waals surface area contributed by atoms with Gasteiger partial charge in [-0.1, -0.05) is 85.0 Å². The Morgan fingerprint density at radius 3 is 2.25 bits per heavy atom. The van der Waals surface area contributed by atoms with Gasteiger partial charge in [-0.05, 0) is 23.1 Å². The van der Waals surface area contributed by atoms with Crippen molar-refractivity contribution >= 4 is 21.5 Å². The molecule has 0 radical (unpaired) electrons. The Kier molecular flexibility index (Phi) is 8.38. The van der Waals surface area contributed by atoms with Crippen molar-refractivity contribution in [1.29, 1.82) is 0 Å². The maximum absolute atomic E-state index is 4.53. The Hall–Kier alpha value is -3.65. The van der Waals surface area contributed by atoms with Gasteiger partial charge in [-0.15, -0.1) is 41.3 Å². The zero-order valence-corrected chi connectivity index (χ0v) is 22.6. The van der Waals surface area contributed by atoms with Crippen molar-refractivity contribution in [2.24, 2.45) is 0 Å². The number of rotatable bonds is 3. The van der Waals surface area contributed by atoms with Gasteiger partial charge in [0.1, 0.15) is 0 Å². The van der Waals surface area contributed by atoms with E-state index >= 15 is 0 Å². The normalized spacial score (nSPS) is 10.5. The van der Waals surface area contributed by atoms with E-state index in [1.807, 2.05) is 42.6 Å². The van der Waals surface area contributed by atoms with Gasteiger partial charge >= 0.3 is 20.1 Å². The third-order valence-electron chi connectivity index (χ3n) is 6.01. The monoisotopic (exact) mass is 642 g/mol. The maximum atomic E-state index is 4.53. The number of fused-ring (bicyclic) bond motifs is 3. The summed E-state index contributed by atoms with van der Waals surface area (Å²) in [6.45, 7) is 4.41. The van der Waals surface area contributed by atoms with Crippen LogP contribution < -0.4 is 0 Å². The summed E-state index contributed by atoms with van der Waals surface area (Å²) in [6.07, 6.45) is 6.51. The molecule has 0 aliphatic rings. The fraction of sp³-hybridized carbons (Fsp3) is 0.0909. The summed E-state index contributed by atoms with van der Waals surface area (Å²) in [7, 11) is 0. The van der Waals surface area contributed by atoms with E-state index in [-0.39, 0.29) is 20.1 Å². The zero-order valence-electron chi connectivity index (χ0n) is 20.2. The van der Waals surface area contributed by atoms with Gasteiger partial charge < -0.3 is 9.97 Å². The van der Waals surface area contributed by atoms with E-state index in [4.69, 9.17) is 0 Å². The van der Waals surface area contributed by atoms with Gasteiger partial charge in [-0.2, -0.15) is 30.3 Å². The van der Waals surface area contributed by atoms with Crippen molar-refractivity contribution in [2.75, 3.05) is 0 Å². The van der Waals surface area contributed by atoms with Crippen LogP contribution in [0.1, 0.15) is 25.3 Å². The summed E-state index contributed by atoms with van der Waals surface area (Å²) in [5.41, 5.74) is 5.37. The molecule has 0 saturated heterocycles. The molecule has 36 heavy (non-hydrogen) atoms. The van der Waals surface area contributed by atoms with E-state index < -0.39 is 0 Å². The van der Waals surface area contributed by atoms with Crippen LogP contribution in [0, 0.1) is 18.3 Å². The summed E-state index contributed by atoms with van der Waals surface area (Å²) >= 11 is 0. The van der Waals surface area contributed by atoms with Crippen molar-refractivity contribution in [3.63, 3.8) is 0 Å². The molecule has 0 amide bonds. The molecule has 0 saturated carbocycles. The number of hydrogen-bond donors (Lipinski definition) is 0. The number of aromatic nitrogens is 2.